The lowest BCUT2D eigenvalue weighted by atomic mass is 9.90. The lowest BCUT2D eigenvalue weighted by Gasteiger charge is -2.37. The maximum Gasteiger partial charge on any atom is 0.326 e. The molecule has 4 nitrogen and oxygen atoms in total. The summed E-state index contributed by atoms with van der Waals surface area (Å²) in [5.41, 5.74) is 1.74. The average molecular weight is 275 g/mol. The third kappa shape index (κ3) is 2.84. The normalized spacial score (nSPS) is 22.6. The van der Waals surface area contributed by atoms with Crippen LogP contribution in [0.5, 0.6) is 0 Å². The van der Waals surface area contributed by atoms with Gasteiger partial charge in [-0.05, 0) is 42.9 Å². The molecule has 0 radical (unpaired) electrons. The summed E-state index contributed by atoms with van der Waals surface area (Å²) >= 11 is 0. The molecule has 1 aliphatic heterocycles. The molecule has 0 aliphatic carbocycles. The van der Waals surface area contributed by atoms with Gasteiger partial charge >= 0.3 is 5.97 Å². The Labute approximate surface area is 119 Å². The molecule has 4 heteroatoms. The molecule has 1 heterocycles. The van der Waals surface area contributed by atoms with Gasteiger partial charge in [0, 0.05) is 12.1 Å². The van der Waals surface area contributed by atoms with Crippen molar-refractivity contribution in [3.63, 3.8) is 0 Å². The Morgan fingerprint density at radius 2 is 1.95 bits per heavy atom. The summed E-state index contributed by atoms with van der Waals surface area (Å²) in [6.45, 7) is 4.48. The molecule has 1 saturated heterocycles. The van der Waals surface area contributed by atoms with Crippen molar-refractivity contribution in [1.29, 1.82) is 0 Å². The lowest BCUT2D eigenvalue weighted by molar-refractivity contribution is -0.145. The summed E-state index contributed by atoms with van der Waals surface area (Å²) in [7, 11) is 0. The summed E-state index contributed by atoms with van der Waals surface area (Å²) < 4.78 is 0. The van der Waals surface area contributed by atoms with E-state index in [2.05, 4.69) is 6.92 Å². The topological polar surface area (TPSA) is 57.6 Å². The molecule has 0 aromatic heterocycles. The van der Waals surface area contributed by atoms with E-state index >= 15 is 0 Å². The molecule has 2 atom stereocenters. The number of carbonyl (C=O) groups is 2. The van der Waals surface area contributed by atoms with Gasteiger partial charge in [0.25, 0.3) is 5.91 Å². The molecule has 0 spiro atoms. The van der Waals surface area contributed by atoms with Gasteiger partial charge in [0.15, 0.2) is 0 Å². The summed E-state index contributed by atoms with van der Waals surface area (Å²) in [6, 6.07) is 6.73. The molecule has 1 N–H and O–H groups in total. The predicted octanol–water partition coefficient (Wildman–Crippen LogP) is 2.57. The zero-order valence-electron chi connectivity index (χ0n) is 12.0. The van der Waals surface area contributed by atoms with Crippen LogP contribution in [0, 0.1) is 5.92 Å². The number of likely N-dealkylation sites (tertiary alicyclic amines) is 1. The van der Waals surface area contributed by atoms with E-state index in [1.807, 2.05) is 19.1 Å². The summed E-state index contributed by atoms with van der Waals surface area (Å²) in [5.74, 6) is -1.08. The molecule has 1 aromatic carbocycles. The van der Waals surface area contributed by atoms with E-state index in [4.69, 9.17) is 0 Å². The van der Waals surface area contributed by atoms with Crippen molar-refractivity contribution in [2.45, 2.75) is 39.2 Å². The van der Waals surface area contributed by atoms with E-state index in [0.29, 0.717) is 12.1 Å². The van der Waals surface area contributed by atoms with Crippen molar-refractivity contribution in [3.8, 4) is 0 Å². The highest BCUT2D eigenvalue weighted by Crippen LogP contribution is 2.25. The Balaban J connectivity index is 2.23. The molecular weight excluding hydrogens is 254 g/mol. The number of aryl methyl sites for hydroxylation is 1. The number of hydrogen-bond acceptors (Lipinski definition) is 2. The molecule has 2 unspecified atom stereocenters. The first-order valence-electron chi connectivity index (χ1n) is 7.17. The maximum atomic E-state index is 12.5. The second-order valence-electron chi connectivity index (χ2n) is 5.45. The first-order valence-corrected chi connectivity index (χ1v) is 7.17. The van der Waals surface area contributed by atoms with Crippen LogP contribution in [0.15, 0.2) is 24.3 Å². The van der Waals surface area contributed by atoms with Crippen LogP contribution in [-0.2, 0) is 11.2 Å². The number of piperidine rings is 1. The Bertz CT molecular complexity index is 495. The van der Waals surface area contributed by atoms with E-state index in [-0.39, 0.29) is 11.8 Å². The fraction of sp³-hybridized carbons (Fsp3) is 0.500. The zero-order valence-corrected chi connectivity index (χ0v) is 12.0. The monoisotopic (exact) mass is 275 g/mol. The summed E-state index contributed by atoms with van der Waals surface area (Å²) in [4.78, 5) is 25.5. The van der Waals surface area contributed by atoms with Crippen LogP contribution in [0.25, 0.3) is 0 Å². The zero-order chi connectivity index (χ0) is 14.7. The number of benzene rings is 1. The second-order valence-corrected chi connectivity index (χ2v) is 5.45. The van der Waals surface area contributed by atoms with Crippen LogP contribution in [0.4, 0.5) is 0 Å². The first kappa shape index (κ1) is 14.6. The molecule has 1 amide bonds. The Morgan fingerprint density at radius 1 is 1.30 bits per heavy atom. The lowest BCUT2D eigenvalue weighted by Crippen LogP contribution is -2.51. The van der Waals surface area contributed by atoms with Gasteiger partial charge in [-0.2, -0.15) is 0 Å². The van der Waals surface area contributed by atoms with E-state index in [1.54, 1.807) is 12.1 Å². The van der Waals surface area contributed by atoms with Gasteiger partial charge in [0.2, 0.25) is 0 Å². The number of amides is 1. The molecule has 1 aliphatic rings. The standard InChI is InChI=1S/C16H21NO3/c1-3-12-6-8-13(9-7-12)15(18)17-10-4-5-11(2)14(17)16(19)20/h6-9,11,14H,3-5,10H2,1-2H3,(H,19,20). The molecule has 1 aromatic rings. The van der Waals surface area contributed by atoms with Gasteiger partial charge in [-0.1, -0.05) is 26.0 Å². The molecule has 0 saturated carbocycles. The molecule has 108 valence electrons. The average Bonchev–Trinajstić information content (AvgIpc) is 2.46. The molecule has 0 bridgehead atoms. The Hall–Kier alpha value is -1.84. The van der Waals surface area contributed by atoms with E-state index in [1.165, 1.54) is 10.5 Å². The van der Waals surface area contributed by atoms with Crippen molar-refractivity contribution < 1.29 is 14.7 Å². The van der Waals surface area contributed by atoms with Crippen LogP contribution >= 0.6 is 0 Å². The minimum atomic E-state index is -0.907. The second kappa shape index (κ2) is 6.07. The van der Waals surface area contributed by atoms with Crippen molar-refractivity contribution in [2.75, 3.05) is 6.54 Å². The van der Waals surface area contributed by atoms with E-state index in [9.17, 15) is 14.7 Å². The van der Waals surface area contributed by atoms with Gasteiger partial charge in [-0.25, -0.2) is 4.79 Å². The minimum Gasteiger partial charge on any atom is -0.480 e. The van der Waals surface area contributed by atoms with Crippen molar-refractivity contribution in [1.82, 2.24) is 4.90 Å². The number of carboxylic acids is 1. The molecular formula is C16H21NO3. The van der Waals surface area contributed by atoms with Crippen molar-refractivity contribution >= 4 is 11.9 Å². The van der Waals surface area contributed by atoms with Gasteiger partial charge in [-0.3, -0.25) is 4.79 Å². The van der Waals surface area contributed by atoms with Crippen molar-refractivity contribution in [2.24, 2.45) is 5.92 Å². The van der Waals surface area contributed by atoms with Gasteiger partial charge in [-0.15, -0.1) is 0 Å². The predicted molar refractivity (Wildman–Crippen MR) is 76.7 cm³/mol. The van der Waals surface area contributed by atoms with Crippen LogP contribution < -0.4 is 0 Å². The maximum absolute atomic E-state index is 12.5. The smallest absolute Gasteiger partial charge is 0.326 e. The number of nitrogens with zero attached hydrogens (tertiary/aromatic N) is 1. The fourth-order valence-corrected chi connectivity index (χ4v) is 2.84. The number of carbonyl (C=O) groups excluding carboxylic acids is 1. The number of rotatable bonds is 3. The number of hydrogen-bond donors (Lipinski definition) is 1. The van der Waals surface area contributed by atoms with E-state index in [0.717, 1.165) is 19.3 Å². The summed E-state index contributed by atoms with van der Waals surface area (Å²) in [5, 5.41) is 9.36. The summed E-state index contributed by atoms with van der Waals surface area (Å²) in [6.07, 6.45) is 2.65. The number of aliphatic carboxylic acids is 1. The third-order valence-electron chi connectivity index (χ3n) is 4.06. The molecule has 1 fully saturated rings. The SMILES string of the molecule is CCc1ccc(C(=O)N2CCCC(C)C2C(=O)O)cc1. The van der Waals surface area contributed by atoms with Crippen LogP contribution in [0.3, 0.4) is 0 Å². The Morgan fingerprint density at radius 3 is 2.50 bits per heavy atom. The van der Waals surface area contributed by atoms with Crippen LogP contribution in [0.1, 0.15) is 42.6 Å². The fourth-order valence-electron chi connectivity index (χ4n) is 2.84. The molecule has 2 rings (SSSR count). The third-order valence-corrected chi connectivity index (χ3v) is 4.06. The molecule has 20 heavy (non-hydrogen) atoms. The van der Waals surface area contributed by atoms with Gasteiger partial charge in [0.05, 0.1) is 0 Å². The number of carboxylic acid groups (broad SMARTS) is 1. The quantitative estimate of drug-likeness (QED) is 0.922. The highest BCUT2D eigenvalue weighted by molar-refractivity contribution is 5.96. The van der Waals surface area contributed by atoms with Crippen molar-refractivity contribution in [3.05, 3.63) is 35.4 Å². The minimum absolute atomic E-state index is 0.000107. The van der Waals surface area contributed by atoms with Gasteiger partial charge < -0.3 is 10.0 Å². The highest BCUT2D eigenvalue weighted by atomic mass is 16.4. The van der Waals surface area contributed by atoms with Gasteiger partial charge in [0.1, 0.15) is 6.04 Å². The van der Waals surface area contributed by atoms with Crippen LogP contribution in [-0.4, -0.2) is 34.5 Å². The highest BCUT2D eigenvalue weighted by Gasteiger charge is 2.37. The Kier molecular flexibility index (Phi) is 4.42. The first-order chi connectivity index (χ1) is 9.54. The van der Waals surface area contributed by atoms with E-state index < -0.39 is 12.0 Å². The largest absolute Gasteiger partial charge is 0.480 e. The van der Waals surface area contributed by atoms with Crippen LogP contribution in [0.2, 0.25) is 0 Å².